The topological polar surface area (TPSA) is 92.3 Å². The largest absolute Gasteiger partial charge is 0.469 e. The van der Waals surface area contributed by atoms with E-state index in [1.165, 1.54) is 12.7 Å². The number of likely N-dealkylation sites (tertiary alicyclic amines) is 1. The second-order valence-electron chi connectivity index (χ2n) is 6.47. The highest BCUT2D eigenvalue weighted by molar-refractivity contribution is 7.09. The van der Waals surface area contributed by atoms with Gasteiger partial charge in [0.05, 0.1) is 24.2 Å². The number of carbonyl (C=O) groups is 1. The number of methoxy groups -OCH3 is 1. The molecule has 0 radical (unpaired) electrons. The van der Waals surface area contributed by atoms with Crippen molar-refractivity contribution in [2.24, 2.45) is 5.73 Å². The molecule has 0 saturated carbocycles. The van der Waals surface area contributed by atoms with Crippen molar-refractivity contribution in [1.82, 2.24) is 9.88 Å². The SMILES string of the molecule is COC(=O)CCc1nc(-c2ccc(C3CCN(C(=N)N)CC3)cc2)cs1. The molecule has 26 heavy (non-hydrogen) atoms. The number of rotatable bonds is 5. The Morgan fingerprint density at radius 1 is 1.35 bits per heavy atom. The number of hydrogen-bond donors (Lipinski definition) is 2. The number of esters is 1. The summed E-state index contributed by atoms with van der Waals surface area (Å²) in [4.78, 5) is 17.8. The lowest BCUT2D eigenvalue weighted by Gasteiger charge is -2.32. The molecule has 0 spiro atoms. The number of nitrogens with two attached hydrogens (primary N) is 1. The summed E-state index contributed by atoms with van der Waals surface area (Å²) in [7, 11) is 1.40. The molecule has 0 amide bonds. The Bertz CT molecular complexity index is 764. The van der Waals surface area contributed by atoms with Crippen LogP contribution in [0.5, 0.6) is 0 Å². The highest BCUT2D eigenvalue weighted by atomic mass is 32.1. The minimum absolute atomic E-state index is 0.172. The zero-order chi connectivity index (χ0) is 18.5. The molecule has 2 aromatic rings. The van der Waals surface area contributed by atoms with Crippen molar-refractivity contribution in [3.05, 3.63) is 40.2 Å². The van der Waals surface area contributed by atoms with Gasteiger partial charge >= 0.3 is 5.97 Å². The first-order valence-corrected chi connectivity index (χ1v) is 9.65. The third-order valence-electron chi connectivity index (χ3n) is 4.84. The van der Waals surface area contributed by atoms with Gasteiger partial charge in [-0.05, 0) is 24.3 Å². The zero-order valence-corrected chi connectivity index (χ0v) is 15.7. The number of aryl methyl sites for hydroxylation is 1. The minimum Gasteiger partial charge on any atom is -0.469 e. The summed E-state index contributed by atoms with van der Waals surface area (Å²) in [5, 5.41) is 10.5. The molecule has 1 aliphatic rings. The molecule has 1 aliphatic heterocycles. The first-order chi connectivity index (χ1) is 12.6. The van der Waals surface area contributed by atoms with Crippen molar-refractivity contribution >= 4 is 23.3 Å². The highest BCUT2D eigenvalue weighted by Crippen LogP contribution is 2.30. The number of ether oxygens (including phenoxy) is 1. The normalized spacial score (nSPS) is 15.0. The van der Waals surface area contributed by atoms with E-state index in [-0.39, 0.29) is 11.9 Å². The van der Waals surface area contributed by atoms with Gasteiger partial charge in [-0.25, -0.2) is 4.98 Å². The minimum atomic E-state index is -0.207. The third-order valence-corrected chi connectivity index (χ3v) is 5.74. The van der Waals surface area contributed by atoms with Crippen LogP contribution in [-0.4, -0.2) is 42.0 Å². The average molecular weight is 372 g/mol. The van der Waals surface area contributed by atoms with Gasteiger partial charge in [-0.2, -0.15) is 0 Å². The lowest BCUT2D eigenvalue weighted by Crippen LogP contribution is -2.41. The first kappa shape index (κ1) is 18.4. The van der Waals surface area contributed by atoms with Crippen LogP contribution >= 0.6 is 11.3 Å². The van der Waals surface area contributed by atoms with Crippen LogP contribution in [0.3, 0.4) is 0 Å². The monoisotopic (exact) mass is 372 g/mol. The van der Waals surface area contributed by atoms with Crippen LogP contribution in [0.2, 0.25) is 0 Å². The van der Waals surface area contributed by atoms with Gasteiger partial charge in [0.1, 0.15) is 0 Å². The van der Waals surface area contributed by atoms with Crippen LogP contribution in [0, 0.1) is 5.41 Å². The second kappa shape index (κ2) is 8.31. The molecule has 1 saturated heterocycles. The Hall–Kier alpha value is -2.41. The number of nitrogens with zero attached hydrogens (tertiary/aromatic N) is 2. The van der Waals surface area contributed by atoms with Gasteiger partial charge in [-0.3, -0.25) is 10.2 Å². The van der Waals surface area contributed by atoms with Crippen LogP contribution in [0.1, 0.15) is 35.8 Å². The zero-order valence-electron chi connectivity index (χ0n) is 14.9. The van der Waals surface area contributed by atoms with E-state index in [0.29, 0.717) is 18.8 Å². The molecule has 0 bridgehead atoms. The third kappa shape index (κ3) is 4.40. The van der Waals surface area contributed by atoms with E-state index in [2.05, 4.69) is 34.0 Å². The standard InChI is InChI=1S/C19H24N4O2S/c1-25-18(24)7-6-17-22-16(12-26-17)15-4-2-13(3-5-15)14-8-10-23(11-9-14)19(20)21/h2-5,12,14H,6-11H2,1H3,(H3,20,21). The molecular formula is C19H24N4O2S. The molecule has 2 heterocycles. The lowest BCUT2D eigenvalue weighted by atomic mass is 9.89. The van der Waals surface area contributed by atoms with Crippen molar-refractivity contribution in [3.63, 3.8) is 0 Å². The fraction of sp³-hybridized carbons (Fsp3) is 0.421. The number of hydrogen-bond acceptors (Lipinski definition) is 5. The molecular weight excluding hydrogens is 348 g/mol. The molecule has 3 rings (SSSR count). The Balaban J connectivity index is 1.60. The van der Waals surface area contributed by atoms with Crippen LogP contribution < -0.4 is 5.73 Å². The Morgan fingerprint density at radius 2 is 2.04 bits per heavy atom. The number of benzene rings is 1. The van der Waals surface area contributed by atoms with Gasteiger partial charge in [0.2, 0.25) is 0 Å². The summed E-state index contributed by atoms with van der Waals surface area (Å²) in [6.45, 7) is 1.69. The van der Waals surface area contributed by atoms with E-state index in [1.54, 1.807) is 11.3 Å². The molecule has 1 aromatic heterocycles. The van der Waals surface area contributed by atoms with Crippen LogP contribution in [0.4, 0.5) is 0 Å². The summed E-state index contributed by atoms with van der Waals surface area (Å²) >= 11 is 1.58. The van der Waals surface area contributed by atoms with Crippen molar-refractivity contribution in [2.75, 3.05) is 20.2 Å². The Kier molecular flexibility index (Phi) is 5.88. The van der Waals surface area contributed by atoms with Crippen LogP contribution in [0.25, 0.3) is 11.3 Å². The van der Waals surface area contributed by atoms with Crippen LogP contribution in [0.15, 0.2) is 29.6 Å². The number of nitrogens with one attached hydrogen (secondary N) is 1. The first-order valence-electron chi connectivity index (χ1n) is 8.77. The maximum atomic E-state index is 11.2. The smallest absolute Gasteiger partial charge is 0.305 e. The number of guanidine groups is 1. The quantitative estimate of drug-likeness (QED) is 0.478. The highest BCUT2D eigenvalue weighted by Gasteiger charge is 2.21. The Morgan fingerprint density at radius 3 is 2.65 bits per heavy atom. The Labute approximate surface area is 157 Å². The number of thiazole rings is 1. The van der Waals surface area contributed by atoms with Gasteiger partial charge in [-0.1, -0.05) is 24.3 Å². The molecule has 0 unspecified atom stereocenters. The second-order valence-corrected chi connectivity index (χ2v) is 7.41. The fourth-order valence-electron chi connectivity index (χ4n) is 3.25. The summed E-state index contributed by atoms with van der Waals surface area (Å²) in [6, 6.07) is 8.59. The summed E-state index contributed by atoms with van der Waals surface area (Å²) < 4.78 is 4.67. The van der Waals surface area contributed by atoms with Gasteiger partial charge in [0.15, 0.2) is 5.96 Å². The van der Waals surface area contributed by atoms with Crippen molar-refractivity contribution in [3.8, 4) is 11.3 Å². The fourth-order valence-corrected chi connectivity index (χ4v) is 4.06. The van der Waals surface area contributed by atoms with Crippen molar-refractivity contribution in [1.29, 1.82) is 5.41 Å². The number of piperidine rings is 1. The average Bonchev–Trinajstić information content (AvgIpc) is 3.15. The molecule has 1 aromatic carbocycles. The van der Waals surface area contributed by atoms with Gasteiger partial charge in [0, 0.05) is 30.5 Å². The van der Waals surface area contributed by atoms with Gasteiger partial charge in [-0.15, -0.1) is 11.3 Å². The van der Waals surface area contributed by atoms with Crippen molar-refractivity contribution < 1.29 is 9.53 Å². The molecule has 0 atom stereocenters. The van der Waals surface area contributed by atoms with E-state index in [9.17, 15) is 4.79 Å². The van der Waals surface area contributed by atoms with E-state index >= 15 is 0 Å². The van der Waals surface area contributed by atoms with Crippen molar-refractivity contribution in [2.45, 2.75) is 31.6 Å². The molecule has 138 valence electrons. The molecule has 0 aliphatic carbocycles. The summed E-state index contributed by atoms with van der Waals surface area (Å²) in [6.07, 6.45) is 3.02. The van der Waals surface area contributed by atoms with E-state index in [0.717, 1.165) is 42.2 Å². The summed E-state index contributed by atoms with van der Waals surface area (Å²) in [5.41, 5.74) is 8.94. The maximum Gasteiger partial charge on any atom is 0.305 e. The summed E-state index contributed by atoms with van der Waals surface area (Å²) in [5.74, 6) is 0.484. The lowest BCUT2D eigenvalue weighted by molar-refractivity contribution is -0.140. The van der Waals surface area contributed by atoms with Crippen LogP contribution in [-0.2, 0) is 16.0 Å². The predicted octanol–water partition coefficient (Wildman–Crippen LogP) is 2.99. The molecule has 1 fully saturated rings. The van der Waals surface area contributed by atoms with E-state index < -0.39 is 0 Å². The predicted molar refractivity (Wildman–Crippen MR) is 103 cm³/mol. The molecule has 6 nitrogen and oxygen atoms in total. The number of aromatic nitrogens is 1. The van der Waals surface area contributed by atoms with Gasteiger partial charge < -0.3 is 15.4 Å². The van der Waals surface area contributed by atoms with E-state index in [4.69, 9.17) is 11.1 Å². The number of carbonyl (C=O) groups excluding carboxylic acids is 1. The molecule has 3 N–H and O–H groups in total. The van der Waals surface area contributed by atoms with Gasteiger partial charge in [0.25, 0.3) is 0 Å². The molecule has 7 heteroatoms. The van der Waals surface area contributed by atoms with E-state index in [1.807, 2.05) is 10.3 Å². The maximum absolute atomic E-state index is 11.2.